The summed E-state index contributed by atoms with van der Waals surface area (Å²) < 4.78 is 0. The Kier molecular flexibility index (Phi) is 4.53. The SMILES string of the molecule is CC(=O)c1sc(NC(=O)CN2CCCC2)c(C#N)c1C. The molecule has 0 spiro atoms. The van der Waals surface area contributed by atoms with Crippen LogP contribution in [0.1, 0.15) is 40.6 Å². The number of nitriles is 1. The van der Waals surface area contributed by atoms with Crippen molar-refractivity contribution in [3.8, 4) is 6.07 Å². The molecular weight excluding hydrogens is 274 g/mol. The van der Waals surface area contributed by atoms with Crippen LogP contribution in [0.15, 0.2) is 0 Å². The van der Waals surface area contributed by atoms with E-state index in [0.717, 1.165) is 25.9 Å². The highest BCUT2D eigenvalue weighted by Crippen LogP contribution is 2.32. The predicted octanol–water partition coefficient (Wildman–Crippen LogP) is 2.17. The van der Waals surface area contributed by atoms with Gasteiger partial charge in [0.15, 0.2) is 5.78 Å². The minimum absolute atomic E-state index is 0.0796. The molecule has 1 aromatic rings. The molecule has 0 unspecified atom stereocenters. The lowest BCUT2D eigenvalue weighted by Crippen LogP contribution is -2.30. The van der Waals surface area contributed by atoms with Crippen LogP contribution in [-0.4, -0.2) is 36.2 Å². The van der Waals surface area contributed by atoms with Crippen LogP contribution in [-0.2, 0) is 4.79 Å². The fourth-order valence-corrected chi connectivity index (χ4v) is 3.45. The molecule has 5 nitrogen and oxygen atoms in total. The number of nitrogens with one attached hydrogen (secondary N) is 1. The average Bonchev–Trinajstić information content (AvgIpc) is 2.97. The van der Waals surface area contributed by atoms with Gasteiger partial charge in [0.2, 0.25) is 5.91 Å². The zero-order chi connectivity index (χ0) is 14.7. The third-order valence-electron chi connectivity index (χ3n) is 3.40. The van der Waals surface area contributed by atoms with Gasteiger partial charge in [-0.2, -0.15) is 5.26 Å². The predicted molar refractivity (Wildman–Crippen MR) is 78.1 cm³/mol. The summed E-state index contributed by atoms with van der Waals surface area (Å²) in [6.45, 7) is 5.44. The number of carbonyl (C=O) groups excluding carboxylic acids is 2. The second-order valence-corrected chi connectivity index (χ2v) is 5.98. The summed E-state index contributed by atoms with van der Waals surface area (Å²) in [7, 11) is 0. The Morgan fingerprint density at radius 3 is 2.60 bits per heavy atom. The van der Waals surface area contributed by atoms with E-state index < -0.39 is 0 Å². The van der Waals surface area contributed by atoms with Gasteiger partial charge in [-0.05, 0) is 45.3 Å². The molecule has 1 N–H and O–H groups in total. The van der Waals surface area contributed by atoms with Crippen LogP contribution in [0.4, 0.5) is 5.00 Å². The maximum Gasteiger partial charge on any atom is 0.239 e. The summed E-state index contributed by atoms with van der Waals surface area (Å²) in [5.74, 6) is -0.205. The molecule has 1 fully saturated rings. The van der Waals surface area contributed by atoms with Gasteiger partial charge in [0.1, 0.15) is 11.1 Å². The molecule has 0 radical (unpaired) electrons. The smallest absolute Gasteiger partial charge is 0.239 e. The highest BCUT2D eigenvalue weighted by molar-refractivity contribution is 7.18. The molecule has 0 atom stereocenters. The number of hydrogen-bond acceptors (Lipinski definition) is 5. The molecule has 0 aromatic carbocycles. The van der Waals surface area contributed by atoms with Crippen LogP contribution in [0, 0.1) is 18.3 Å². The normalized spacial score (nSPS) is 15.1. The van der Waals surface area contributed by atoms with E-state index in [0.29, 0.717) is 27.5 Å². The molecule has 0 aliphatic carbocycles. The molecule has 20 heavy (non-hydrogen) atoms. The molecule has 2 heterocycles. The minimum atomic E-state index is -0.125. The van der Waals surface area contributed by atoms with Gasteiger partial charge in [-0.3, -0.25) is 14.5 Å². The Hall–Kier alpha value is -1.71. The fraction of sp³-hybridized carbons (Fsp3) is 0.500. The highest BCUT2D eigenvalue weighted by atomic mass is 32.1. The zero-order valence-electron chi connectivity index (χ0n) is 11.7. The Bertz CT molecular complexity index is 580. The van der Waals surface area contributed by atoms with Crippen molar-refractivity contribution in [1.29, 1.82) is 5.26 Å². The number of thiophene rings is 1. The number of carbonyl (C=O) groups is 2. The number of likely N-dealkylation sites (tertiary alicyclic amines) is 1. The summed E-state index contributed by atoms with van der Waals surface area (Å²) in [4.78, 5) is 26.1. The van der Waals surface area contributed by atoms with Crippen molar-refractivity contribution in [2.75, 3.05) is 25.0 Å². The standard InChI is InChI=1S/C14H17N3O2S/c1-9-11(7-15)14(20-13(9)10(2)18)16-12(19)8-17-5-3-4-6-17/h3-6,8H2,1-2H3,(H,16,19). The van der Waals surface area contributed by atoms with E-state index in [1.165, 1.54) is 18.3 Å². The first-order chi connectivity index (χ1) is 9.52. The lowest BCUT2D eigenvalue weighted by Gasteiger charge is -2.13. The Balaban J connectivity index is 2.12. The summed E-state index contributed by atoms with van der Waals surface area (Å²) in [6.07, 6.45) is 2.26. The lowest BCUT2D eigenvalue weighted by atomic mass is 10.1. The van der Waals surface area contributed by atoms with Crippen LogP contribution in [0.5, 0.6) is 0 Å². The van der Waals surface area contributed by atoms with Gasteiger partial charge < -0.3 is 5.32 Å². The summed E-state index contributed by atoms with van der Waals surface area (Å²) in [5.41, 5.74) is 1.05. The van der Waals surface area contributed by atoms with Crippen molar-refractivity contribution in [2.24, 2.45) is 0 Å². The first-order valence-corrected chi connectivity index (χ1v) is 7.41. The molecular formula is C14H17N3O2S. The maximum atomic E-state index is 12.0. The maximum absolute atomic E-state index is 12.0. The molecule has 0 saturated carbocycles. The van der Waals surface area contributed by atoms with Crippen molar-refractivity contribution in [1.82, 2.24) is 4.90 Å². The molecule has 2 rings (SSSR count). The zero-order valence-corrected chi connectivity index (χ0v) is 12.5. The fourth-order valence-electron chi connectivity index (χ4n) is 2.38. The molecule has 106 valence electrons. The van der Waals surface area contributed by atoms with Crippen LogP contribution in [0.25, 0.3) is 0 Å². The molecule has 0 bridgehead atoms. The van der Waals surface area contributed by atoms with Gasteiger partial charge in [0, 0.05) is 0 Å². The largest absolute Gasteiger partial charge is 0.315 e. The molecule has 6 heteroatoms. The summed E-state index contributed by atoms with van der Waals surface area (Å²) in [5, 5.41) is 12.4. The summed E-state index contributed by atoms with van der Waals surface area (Å²) in [6, 6.07) is 2.07. The number of nitrogens with zero attached hydrogens (tertiary/aromatic N) is 2. The van der Waals surface area contributed by atoms with Crippen molar-refractivity contribution >= 4 is 28.0 Å². The van der Waals surface area contributed by atoms with Gasteiger partial charge in [-0.1, -0.05) is 0 Å². The van der Waals surface area contributed by atoms with E-state index in [2.05, 4.69) is 16.3 Å². The van der Waals surface area contributed by atoms with E-state index in [9.17, 15) is 14.9 Å². The quantitative estimate of drug-likeness (QED) is 0.863. The van der Waals surface area contributed by atoms with Crippen molar-refractivity contribution in [3.63, 3.8) is 0 Å². The number of anilines is 1. The van der Waals surface area contributed by atoms with Gasteiger partial charge in [0.25, 0.3) is 0 Å². The topological polar surface area (TPSA) is 73.2 Å². The van der Waals surface area contributed by atoms with Crippen molar-refractivity contribution in [2.45, 2.75) is 26.7 Å². The van der Waals surface area contributed by atoms with E-state index in [4.69, 9.17) is 0 Å². The third kappa shape index (κ3) is 3.06. The Morgan fingerprint density at radius 2 is 2.05 bits per heavy atom. The van der Waals surface area contributed by atoms with Crippen LogP contribution >= 0.6 is 11.3 Å². The number of amides is 1. The first-order valence-electron chi connectivity index (χ1n) is 6.59. The number of Topliss-reactive ketones (excluding diaryl/α,β-unsaturated/α-hetero) is 1. The lowest BCUT2D eigenvalue weighted by molar-refractivity contribution is -0.117. The second kappa shape index (κ2) is 6.16. The van der Waals surface area contributed by atoms with Gasteiger partial charge in [-0.15, -0.1) is 11.3 Å². The summed E-state index contributed by atoms with van der Waals surface area (Å²) >= 11 is 1.18. The van der Waals surface area contributed by atoms with Gasteiger partial charge >= 0.3 is 0 Å². The van der Waals surface area contributed by atoms with E-state index >= 15 is 0 Å². The van der Waals surface area contributed by atoms with Crippen LogP contribution in [0.3, 0.4) is 0 Å². The monoisotopic (exact) mass is 291 g/mol. The van der Waals surface area contributed by atoms with E-state index in [1.54, 1.807) is 6.92 Å². The highest BCUT2D eigenvalue weighted by Gasteiger charge is 2.20. The van der Waals surface area contributed by atoms with Crippen molar-refractivity contribution in [3.05, 3.63) is 16.0 Å². The average molecular weight is 291 g/mol. The van der Waals surface area contributed by atoms with E-state index in [1.807, 2.05) is 0 Å². The molecule has 1 aromatic heterocycles. The van der Waals surface area contributed by atoms with Crippen molar-refractivity contribution < 1.29 is 9.59 Å². The molecule has 1 aliphatic heterocycles. The van der Waals surface area contributed by atoms with Gasteiger partial charge in [0.05, 0.1) is 17.0 Å². The molecule has 1 aliphatic rings. The van der Waals surface area contributed by atoms with Crippen LogP contribution in [0.2, 0.25) is 0 Å². The van der Waals surface area contributed by atoms with Crippen LogP contribution < -0.4 is 5.32 Å². The van der Waals surface area contributed by atoms with Gasteiger partial charge in [-0.25, -0.2) is 0 Å². The second-order valence-electron chi connectivity index (χ2n) is 4.96. The minimum Gasteiger partial charge on any atom is -0.315 e. The Morgan fingerprint density at radius 1 is 1.40 bits per heavy atom. The third-order valence-corrected chi connectivity index (χ3v) is 4.71. The Labute approximate surface area is 122 Å². The number of rotatable bonds is 4. The molecule has 1 saturated heterocycles. The number of hydrogen-bond donors (Lipinski definition) is 1. The van der Waals surface area contributed by atoms with E-state index in [-0.39, 0.29) is 11.7 Å². The first kappa shape index (κ1) is 14.7. The molecule has 1 amide bonds. The number of ketones is 1.